The molecule has 174 valence electrons. The number of nitrogens with zero attached hydrogens (tertiary/aromatic N) is 2. The van der Waals surface area contributed by atoms with Crippen LogP contribution in [-0.2, 0) is 23.7 Å². The number of carbonyl (C=O) groups is 2. The third kappa shape index (κ3) is 7.78. The van der Waals surface area contributed by atoms with E-state index in [9.17, 15) is 9.59 Å². The zero-order valence-corrected chi connectivity index (χ0v) is 21.4. The first-order chi connectivity index (χ1) is 13.7. The van der Waals surface area contributed by atoms with E-state index in [1.807, 2.05) is 12.2 Å². The molecule has 5 aliphatic rings. The first kappa shape index (κ1) is 27.9. The highest BCUT2D eigenvalue weighted by Crippen LogP contribution is 2.32. The fourth-order valence-corrected chi connectivity index (χ4v) is 3.81. The fourth-order valence-electron chi connectivity index (χ4n) is 2.36. The number of imide groups is 1. The zero-order valence-electron chi connectivity index (χ0n) is 16.6. The maximum Gasteiger partial charge on any atom is 0.348 e. The van der Waals surface area contributed by atoms with Crippen LogP contribution in [0.1, 0.15) is 13.8 Å². The van der Waals surface area contributed by atoms with Gasteiger partial charge in [0.15, 0.2) is 0 Å². The number of urea groups is 1. The molecule has 5 heterocycles. The Morgan fingerprint density at radius 2 is 1.53 bits per heavy atom. The van der Waals surface area contributed by atoms with Gasteiger partial charge in [-0.25, -0.2) is 8.72 Å². The van der Waals surface area contributed by atoms with Crippen LogP contribution in [0.15, 0.2) is 12.2 Å². The van der Waals surface area contributed by atoms with Crippen molar-refractivity contribution in [2.45, 2.75) is 42.5 Å². The zero-order chi connectivity index (χ0) is 21.6. The number of rotatable bonds is 0. The van der Waals surface area contributed by atoms with Gasteiger partial charge in [-0.3, -0.25) is 4.79 Å². The summed E-state index contributed by atoms with van der Waals surface area (Å²) in [6, 6.07) is -0.403. The van der Waals surface area contributed by atoms with Crippen LogP contribution < -0.4 is 0 Å². The summed E-state index contributed by atoms with van der Waals surface area (Å²) in [4.78, 5) is 22.5. The van der Waals surface area contributed by atoms with E-state index in [-0.39, 0.29) is 22.3 Å². The maximum atomic E-state index is 11.2. The van der Waals surface area contributed by atoms with Gasteiger partial charge < -0.3 is 29.5 Å². The Hall–Kier alpha value is -0.120. The number of ether oxygens (including phenoxy) is 4. The van der Waals surface area contributed by atoms with Crippen LogP contribution in [0.3, 0.4) is 0 Å². The number of carbonyl (C=O) groups excluding carboxylic acids is 2. The third-order valence-corrected chi connectivity index (χ3v) is 7.05. The van der Waals surface area contributed by atoms with Crippen molar-refractivity contribution in [2.75, 3.05) is 39.6 Å². The average molecular weight is 627 g/mol. The standard InChI is InChI=1S/C5H6Br2N2O2.C4H7BrO2.C4H6O2.C4H6O.H2O/c1-5(2)3(10)8(6)4(11)9(5)7;5-3-1-7-2-4(3)6;1-3-4(6-3)2-5-1;1-2-4-5-3-1;/h1-2H3;3-4,6H,1-2H2;3-4H,1-2H2;1-2H,3-4H2;1H2/t;3-,4-;;;/m.1.../s1. The molecular weight excluding hydrogens is 600 g/mol. The van der Waals surface area contributed by atoms with E-state index in [0.717, 1.165) is 30.4 Å². The predicted octanol–water partition coefficient (Wildman–Crippen LogP) is 1.32. The van der Waals surface area contributed by atoms with Gasteiger partial charge in [0.1, 0.15) is 17.7 Å². The van der Waals surface area contributed by atoms with Gasteiger partial charge >= 0.3 is 6.03 Å². The van der Waals surface area contributed by atoms with E-state index in [4.69, 9.17) is 24.1 Å². The van der Waals surface area contributed by atoms with Crippen molar-refractivity contribution >= 4 is 60.2 Å². The van der Waals surface area contributed by atoms with E-state index >= 15 is 0 Å². The van der Waals surface area contributed by atoms with Crippen LogP contribution in [-0.4, -0.2) is 98.7 Å². The molecule has 0 aromatic carbocycles. The van der Waals surface area contributed by atoms with Gasteiger partial charge in [-0.2, -0.15) is 3.93 Å². The van der Waals surface area contributed by atoms with E-state index in [0.29, 0.717) is 25.4 Å². The minimum atomic E-state index is -0.805. The molecule has 13 heteroatoms. The number of aliphatic hydroxyl groups is 1. The van der Waals surface area contributed by atoms with Crippen molar-refractivity contribution in [1.82, 2.24) is 7.85 Å². The third-order valence-electron chi connectivity index (χ3n) is 4.36. The van der Waals surface area contributed by atoms with E-state index < -0.39 is 11.6 Å². The number of fused-ring (bicyclic) bond motifs is 1. The molecule has 30 heavy (non-hydrogen) atoms. The molecule has 2 unspecified atom stereocenters. The summed E-state index contributed by atoms with van der Waals surface area (Å²) < 4.78 is 21.8. The SMILES string of the molecule is C1=CCOC1.C1OCC2OC12.CC1(C)C(=O)N(Br)C(=O)N1Br.O.O[C@@H]1COC[C@H]1Br. The van der Waals surface area contributed by atoms with Crippen LogP contribution >= 0.6 is 48.2 Å². The number of aliphatic hydroxyl groups excluding tert-OH is 1. The smallest absolute Gasteiger partial charge is 0.348 e. The van der Waals surface area contributed by atoms with Crippen LogP contribution in [0.4, 0.5) is 4.79 Å². The monoisotopic (exact) mass is 624 g/mol. The van der Waals surface area contributed by atoms with Gasteiger partial charge in [-0.05, 0) is 13.8 Å². The predicted molar refractivity (Wildman–Crippen MR) is 119 cm³/mol. The molecule has 0 aromatic rings. The lowest BCUT2D eigenvalue weighted by Crippen LogP contribution is -2.37. The molecule has 3 N–H and O–H groups in total. The van der Waals surface area contributed by atoms with Gasteiger partial charge in [0, 0.05) is 0 Å². The summed E-state index contributed by atoms with van der Waals surface area (Å²) in [6.45, 7) is 7.75. The lowest BCUT2D eigenvalue weighted by atomic mass is 10.1. The molecule has 5 aliphatic heterocycles. The first-order valence-electron chi connectivity index (χ1n) is 9.02. The highest BCUT2D eigenvalue weighted by Gasteiger charge is 2.50. The second-order valence-corrected chi connectivity index (χ2v) is 9.68. The number of epoxide rings is 1. The molecular formula is C17H27Br3N2O8. The topological polar surface area (TPSA) is 133 Å². The van der Waals surface area contributed by atoms with Crippen LogP contribution in [0, 0.1) is 0 Å². The number of hydrogen-bond donors (Lipinski definition) is 1. The van der Waals surface area contributed by atoms with Gasteiger partial charge in [0.05, 0.1) is 82.9 Å². The number of amides is 3. The van der Waals surface area contributed by atoms with Crippen LogP contribution in [0.25, 0.3) is 0 Å². The molecule has 10 nitrogen and oxygen atoms in total. The average Bonchev–Trinajstić information content (AvgIpc) is 3.19. The normalized spacial score (nSPS) is 32.2. The molecule has 0 bridgehead atoms. The van der Waals surface area contributed by atoms with E-state index in [1.165, 1.54) is 3.93 Å². The van der Waals surface area contributed by atoms with Crippen molar-refractivity contribution in [2.24, 2.45) is 0 Å². The Morgan fingerprint density at radius 1 is 1.00 bits per heavy atom. The number of halogens is 3. The summed E-state index contributed by atoms with van der Waals surface area (Å²) in [6.07, 6.45) is 4.72. The van der Waals surface area contributed by atoms with Gasteiger partial charge in [0.25, 0.3) is 5.91 Å². The second kappa shape index (κ2) is 12.8. The summed E-state index contributed by atoms with van der Waals surface area (Å²) in [5.74, 6) is -0.278. The summed E-state index contributed by atoms with van der Waals surface area (Å²) in [5.41, 5.74) is -0.805. The Morgan fingerprint density at radius 3 is 1.67 bits per heavy atom. The Kier molecular flexibility index (Phi) is 11.9. The van der Waals surface area contributed by atoms with Crippen molar-refractivity contribution in [3.05, 3.63) is 12.2 Å². The molecule has 4 saturated heterocycles. The van der Waals surface area contributed by atoms with Gasteiger partial charge in [0.2, 0.25) is 0 Å². The molecule has 0 aromatic heterocycles. The van der Waals surface area contributed by atoms with Crippen LogP contribution in [0.2, 0.25) is 0 Å². The molecule has 4 fully saturated rings. The number of hydrogen-bond acceptors (Lipinski definition) is 7. The lowest BCUT2D eigenvalue weighted by Gasteiger charge is -2.19. The largest absolute Gasteiger partial charge is 0.412 e. The van der Waals surface area contributed by atoms with E-state index in [2.05, 4.69) is 48.2 Å². The lowest BCUT2D eigenvalue weighted by molar-refractivity contribution is -0.127. The molecule has 0 spiro atoms. The van der Waals surface area contributed by atoms with Gasteiger partial charge in [-0.1, -0.05) is 28.1 Å². The Labute approximate surface area is 200 Å². The van der Waals surface area contributed by atoms with Crippen LogP contribution in [0.5, 0.6) is 0 Å². The number of alkyl halides is 1. The van der Waals surface area contributed by atoms with Gasteiger partial charge in [-0.15, -0.1) is 0 Å². The quantitative estimate of drug-likeness (QED) is 0.141. The highest BCUT2D eigenvalue weighted by molar-refractivity contribution is 9.09. The summed E-state index contributed by atoms with van der Waals surface area (Å²) in [7, 11) is 0. The Balaban J connectivity index is 0.000000206. The van der Waals surface area contributed by atoms with Crippen molar-refractivity contribution in [1.29, 1.82) is 0 Å². The molecule has 5 rings (SSSR count). The maximum absolute atomic E-state index is 11.2. The molecule has 0 radical (unpaired) electrons. The molecule has 3 amide bonds. The molecule has 0 saturated carbocycles. The fraction of sp³-hybridized carbons (Fsp3) is 0.765. The van der Waals surface area contributed by atoms with Crippen molar-refractivity contribution in [3.63, 3.8) is 0 Å². The van der Waals surface area contributed by atoms with Crippen molar-refractivity contribution in [3.8, 4) is 0 Å². The summed E-state index contributed by atoms with van der Waals surface area (Å²) >= 11 is 9.07. The second-order valence-electron chi connectivity index (χ2n) is 7.09. The highest BCUT2D eigenvalue weighted by atomic mass is 79.9. The molecule has 4 atom stereocenters. The van der Waals surface area contributed by atoms with Crippen molar-refractivity contribution < 1.29 is 39.1 Å². The minimum absolute atomic E-state index is 0. The Bertz CT molecular complexity index is 588. The minimum Gasteiger partial charge on any atom is -0.412 e. The summed E-state index contributed by atoms with van der Waals surface area (Å²) in [5, 5.41) is 8.83. The molecule has 0 aliphatic carbocycles. The first-order valence-corrected chi connectivity index (χ1v) is 11.4. The van der Waals surface area contributed by atoms with E-state index in [1.54, 1.807) is 13.8 Å².